The molecule has 4 heterocycles. The minimum atomic E-state index is 0.622. The smallest absolute Gasteiger partial charge is 0.235 e. The van der Waals surface area contributed by atoms with E-state index >= 15 is 0 Å². The van der Waals surface area contributed by atoms with Crippen LogP contribution in [0.3, 0.4) is 0 Å². The Labute approximate surface area is 302 Å². The van der Waals surface area contributed by atoms with Gasteiger partial charge in [-0.1, -0.05) is 121 Å². The van der Waals surface area contributed by atoms with E-state index in [1.54, 1.807) is 0 Å². The van der Waals surface area contributed by atoms with E-state index in [-0.39, 0.29) is 0 Å². The SMILES string of the molecule is c1ccc(-n2c3ccccc3c3ccc4c5c6c(ccc5n(-c5nc(-c7ccc8ccccc8c7)c7ccccc7n5)c4c32)oc2ccccc26)cc1. The Kier molecular flexibility index (Phi) is 5.71. The number of fused-ring (bicyclic) bond motifs is 13. The van der Waals surface area contributed by atoms with Crippen molar-refractivity contribution < 1.29 is 4.42 Å². The average molecular weight is 677 g/mol. The number of hydrogen-bond donors (Lipinski definition) is 0. The summed E-state index contributed by atoms with van der Waals surface area (Å²) in [6.45, 7) is 0. The molecule has 0 saturated carbocycles. The van der Waals surface area contributed by atoms with E-state index < -0.39 is 0 Å². The molecule has 0 aliphatic heterocycles. The Morgan fingerprint density at radius 1 is 0.415 bits per heavy atom. The summed E-state index contributed by atoms with van der Waals surface area (Å²) < 4.78 is 11.2. The van der Waals surface area contributed by atoms with Crippen LogP contribution in [-0.4, -0.2) is 19.1 Å². The number of para-hydroxylation sites is 4. The summed E-state index contributed by atoms with van der Waals surface area (Å²) in [6, 6.07) is 59.9. The van der Waals surface area contributed by atoms with E-state index in [9.17, 15) is 0 Å². The van der Waals surface area contributed by atoms with Gasteiger partial charge in [0.25, 0.3) is 0 Å². The van der Waals surface area contributed by atoms with Crippen LogP contribution in [0, 0.1) is 0 Å². The maximum Gasteiger partial charge on any atom is 0.235 e. The van der Waals surface area contributed by atoms with Crippen LogP contribution < -0.4 is 0 Å². The van der Waals surface area contributed by atoms with Crippen LogP contribution in [0.15, 0.2) is 174 Å². The highest BCUT2D eigenvalue weighted by atomic mass is 16.3. The minimum Gasteiger partial charge on any atom is -0.456 e. The number of hydrogen-bond acceptors (Lipinski definition) is 3. The van der Waals surface area contributed by atoms with E-state index in [2.05, 4.69) is 167 Å². The van der Waals surface area contributed by atoms with E-state index in [1.807, 2.05) is 12.1 Å². The van der Waals surface area contributed by atoms with E-state index in [0.29, 0.717) is 5.95 Å². The topological polar surface area (TPSA) is 48.8 Å². The molecule has 12 rings (SSSR count). The lowest BCUT2D eigenvalue weighted by Crippen LogP contribution is -2.04. The molecule has 5 heteroatoms. The van der Waals surface area contributed by atoms with E-state index in [0.717, 1.165) is 82.6 Å². The fourth-order valence-electron chi connectivity index (χ4n) is 8.63. The molecule has 0 amide bonds. The molecule has 0 unspecified atom stereocenters. The summed E-state index contributed by atoms with van der Waals surface area (Å²) in [5.41, 5.74) is 10.00. The fourth-order valence-corrected chi connectivity index (χ4v) is 8.63. The third-order valence-corrected chi connectivity index (χ3v) is 10.9. The maximum atomic E-state index is 6.48. The minimum absolute atomic E-state index is 0.622. The average Bonchev–Trinajstić information content (AvgIpc) is 3.88. The van der Waals surface area contributed by atoms with Crippen LogP contribution in [0.5, 0.6) is 0 Å². The van der Waals surface area contributed by atoms with Crippen LogP contribution in [0.4, 0.5) is 0 Å². The Morgan fingerprint density at radius 2 is 1.13 bits per heavy atom. The van der Waals surface area contributed by atoms with Crippen LogP contribution in [0.2, 0.25) is 0 Å². The zero-order valence-corrected chi connectivity index (χ0v) is 28.4. The van der Waals surface area contributed by atoms with Crippen LogP contribution in [-0.2, 0) is 0 Å². The summed E-state index contributed by atoms with van der Waals surface area (Å²) in [5, 5.41) is 10.2. The molecular formula is C48H28N4O. The van der Waals surface area contributed by atoms with Crippen molar-refractivity contribution in [3.8, 4) is 22.9 Å². The first-order valence-corrected chi connectivity index (χ1v) is 17.9. The molecule has 246 valence electrons. The Bertz CT molecular complexity index is 3460. The monoisotopic (exact) mass is 676 g/mol. The molecule has 0 radical (unpaired) electrons. The highest BCUT2D eigenvalue weighted by Crippen LogP contribution is 2.45. The predicted octanol–water partition coefficient (Wildman–Crippen LogP) is 12.5. The number of nitrogens with zero attached hydrogens (tertiary/aromatic N) is 4. The van der Waals surface area contributed by atoms with Gasteiger partial charge in [0.2, 0.25) is 5.95 Å². The molecule has 0 aliphatic carbocycles. The highest BCUT2D eigenvalue weighted by Gasteiger charge is 2.25. The summed E-state index contributed by atoms with van der Waals surface area (Å²) in [6.07, 6.45) is 0. The molecule has 0 atom stereocenters. The zero-order valence-electron chi connectivity index (χ0n) is 28.4. The molecule has 0 fully saturated rings. The largest absolute Gasteiger partial charge is 0.456 e. The van der Waals surface area contributed by atoms with E-state index in [4.69, 9.17) is 14.4 Å². The van der Waals surface area contributed by atoms with Gasteiger partial charge in [-0.05, 0) is 59.3 Å². The molecule has 0 spiro atoms. The van der Waals surface area contributed by atoms with Crippen molar-refractivity contribution in [3.05, 3.63) is 170 Å². The van der Waals surface area contributed by atoms with Crippen LogP contribution in [0.1, 0.15) is 0 Å². The van der Waals surface area contributed by atoms with Gasteiger partial charge in [0.15, 0.2) is 0 Å². The molecule has 0 N–H and O–H groups in total. The van der Waals surface area contributed by atoms with Crippen molar-refractivity contribution in [3.63, 3.8) is 0 Å². The molecule has 8 aromatic carbocycles. The maximum absolute atomic E-state index is 6.48. The van der Waals surface area contributed by atoms with Gasteiger partial charge in [-0.3, -0.25) is 4.57 Å². The van der Waals surface area contributed by atoms with Crippen LogP contribution >= 0.6 is 0 Å². The molecule has 0 saturated heterocycles. The van der Waals surface area contributed by atoms with Crippen molar-refractivity contribution in [2.75, 3.05) is 0 Å². The Morgan fingerprint density at radius 3 is 2.04 bits per heavy atom. The second-order valence-electron chi connectivity index (χ2n) is 13.8. The van der Waals surface area contributed by atoms with Gasteiger partial charge in [-0.2, -0.15) is 0 Å². The first-order valence-electron chi connectivity index (χ1n) is 17.9. The van der Waals surface area contributed by atoms with Crippen molar-refractivity contribution in [2.24, 2.45) is 0 Å². The number of benzene rings is 8. The fraction of sp³-hybridized carbons (Fsp3) is 0. The van der Waals surface area contributed by atoms with Gasteiger partial charge in [-0.15, -0.1) is 0 Å². The number of furan rings is 1. The van der Waals surface area contributed by atoms with Gasteiger partial charge in [0.05, 0.1) is 33.3 Å². The second kappa shape index (κ2) is 10.6. The molecule has 12 aromatic rings. The van der Waals surface area contributed by atoms with Gasteiger partial charge in [-0.25, -0.2) is 9.97 Å². The van der Waals surface area contributed by atoms with Gasteiger partial charge < -0.3 is 8.98 Å². The summed E-state index contributed by atoms with van der Waals surface area (Å²) in [5.74, 6) is 0.622. The quantitative estimate of drug-likeness (QED) is 0.187. The molecular weight excluding hydrogens is 649 g/mol. The summed E-state index contributed by atoms with van der Waals surface area (Å²) in [4.78, 5) is 10.9. The third-order valence-electron chi connectivity index (χ3n) is 10.9. The molecule has 0 bridgehead atoms. The van der Waals surface area contributed by atoms with E-state index in [1.165, 1.54) is 21.5 Å². The van der Waals surface area contributed by atoms with Gasteiger partial charge >= 0.3 is 0 Å². The highest BCUT2D eigenvalue weighted by molar-refractivity contribution is 6.31. The lowest BCUT2D eigenvalue weighted by Gasteiger charge is -2.14. The lowest BCUT2D eigenvalue weighted by atomic mass is 10.0. The lowest BCUT2D eigenvalue weighted by molar-refractivity contribution is 0.669. The van der Waals surface area contributed by atoms with Crippen molar-refractivity contribution >= 4 is 87.2 Å². The number of aromatic nitrogens is 4. The first-order chi connectivity index (χ1) is 26.3. The third kappa shape index (κ3) is 3.96. The number of rotatable bonds is 3. The Balaban J connectivity index is 1.31. The Hall–Kier alpha value is -7.24. The molecule has 4 aromatic heterocycles. The predicted molar refractivity (Wildman–Crippen MR) is 218 cm³/mol. The zero-order chi connectivity index (χ0) is 34.6. The molecule has 0 aliphatic rings. The molecule has 53 heavy (non-hydrogen) atoms. The standard InChI is InChI=1S/C48H28N4O/c1-2-14-32(15-3-1)51-39-20-10-7-16-33(39)34-24-25-37-43-40(26-27-42-44(43)36-18-8-11-21-41(36)53-42)52(47(37)46(34)51)48-49-38-19-9-6-17-35(38)45(50-48)31-23-22-29-12-4-5-13-30(29)28-31/h1-28H. The van der Waals surface area contributed by atoms with Gasteiger partial charge in [0, 0.05) is 49.0 Å². The van der Waals surface area contributed by atoms with Crippen molar-refractivity contribution in [1.29, 1.82) is 0 Å². The van der Waals surface area contributed by atoms with Gasteiger partial charge in [0.1, 0.15) is 11.2 Å². The normalized spacial score (nSPS) is 12.2. The van der Waals surface area contributed by atoms with Crippen molar-refractivity contribution in [2.45, 2.75) is 0 Å². The summed E-state index contributed by atoms with van der Waals surface area (Å²) >= 11 is 0. The first kappa shape index (κ1) is 28.5. The van der Waals surface area contributed by atoms with Crippen molar-refractivity contribution in [1.82, 2.24) is 19.1 Å². The van der Waals surface area contributed by atoms with Crippen LogP contribution in [0.25, 0.3) is 110 Å². The second-order valence-corrected chi connectivity index (χ2v) is 13.8. The molecule has 5 nitrogen and oxygen atoms in total. The summed E-state index contributed by atoms with van der Waals surface area (Å²) in [7, 11) is 0.